The molecule has 0 bridgehead atoms. The van der Waals surface area contributed by atoms with Crippen LogP contribution in [0.15, 0.2) is 41.9 Å². The molecule has 0 amide bonds. The highest BCUT2D eigenvalue weighted by molar-refractivity contribution is 5.92. The van der Waals surface area contributed by atoms with Gasteiger partial charge in [-0.15, -0.1) is 0 Å². The summed E-state index contributed by atoms with van der Waals surface area (Å²) in [6.45, 7) is 4.28. The number of anilines is 1. The number of carbonyl (C=O) groups excluding carboxylic acids is 1. The van der Waals surface area contributed by atoms with Crippen molar-refractivity contribution in [3.63, 3.8) is 0 Å². The molecule has 3 rings (SSSR count). The van der Waals surface area contributed by atoms with Crippen molar-refractivity contribution in [1.29, 1.82) is 0 Å². The molecule has 1 aromatic heterocycles. The van der Waals surface area contributed by atoms with Crippen molar-refractivity contribution < 1.29 is 13.9 Å². The van der Waals surface area contributed by atoms with Crippen LogP contribution in [0.3, 0.4) is 0 Å². The van der Waals surface area contributed by atoms with Crippen molar-refractivity contribution in [1.82, 2.24) is 14.8 Å². The summed E-state index contributed by atoms with van der Waals surface area (Å²) >= 11 is 0. The molecule has 6 nitrogen and oxygen atoms in total. The van der Waals surface area contributed by atoms with Gasteiger partial charge in [0.05, 0.1) is 12.2 Å². The van der Waals surface area contributed by atoms with Crippen LogP contribution in [-0.2, 0) is 9.53 Å². The first-order valence-electron chi connectivity index (χ1n) is 9.42. The number of allylic oxidation sites excluding steroid dienone is 1. The Morgan fingerprint density at radius 3 is 2.81 bits per heavy atom. The van der Waals surface area contributed by atoms with Crippen molar-refractivity contribution >= 4 is 11.9 Å². The first-order valence-corrected chi connectivity index (χ1v) is 9.42. The van der Waals surface area contributed by atoms with Gasteiger partial charge in [0.15, 0.2) is 0 Å². The van der Waals surface area contributed by atoms with Crippen molar-refractivity contribution in [3.8, 4) is 0 Å². The molecule has 1 aliphatic rings. The highest BCUT2D eigenvalue weighted by atomic mass is 19.1. The van der Waals surface area contributed by atoms with Crippen molar-refractivity contribution in [2.24, 2.45) is 0 Å². The van der Waals surface area contributed by atoms with E-state index in [1.807, 2.05) is 0 Å². The van der Waals surface area contributed by atoms with Gasteiger partial charge in [0, 0.05) is 11.3 Å². The Labute approximate surface area is 158 Å². The van der Waals surface area contributed by atoms with E-state index in [4.69, 9.17) is 4.74 Å². The van der Waals surface area contributed by atoms with E-state index in [1.54, 1.807) is 25.1 Å². The molecule has 27 heavy (non-hydrogen) atoms. The van der Waals surface area contributed by atoms with Crippen LogP contribution in [0.1, 0.15) is 57.6 Å². The fraction of sp³-hybridized carbons (Fsp3) is 0.450. The number of hydrogen-bond donors (Lipinski definition) is 1. The molecule has 144 valence electrons. The summed E-state index contributed by atoms with van der Waals surface area (Å²) in [5.41, 5.74) is 1.31. The minimum Gasteiger partial charge on any atom is -0.462 e. The number of ether oxygens (including phenoxy) is 1. The molecular formula is C20H25FN4O2. The quantitative estimate of drug-likeness (QED) is 0.555. The third-order valence-electron chi connectivity index (χ3n) is 4.70. The lowest BCUT2D eigenvalue weighted by molar-refractivity contribution is -0.139. The number of hydrogen-bond acceptors (Lipinski definition) is 5. The average Bonchev–Trinajstić information content (AvgIpc) is 3.12. The van der Waals surface area contributed by atoms with E-state index in [0.29, 0.717) is 29.4 Å². The van der Waals surface area contributed by atoms with Gasteiger partial charge in [0.2, 0.25) is 5.95 Å². The maximum absolute atomic E-state index is 14.5. The van der Waals surface area contributed by atoms with Crippen LogP contribution in [0.2, 0.25) is 0 Å². The number of benzene rings is 1. The first kappa shape index (κ1) is 19.1. The van der Waals surface area contributed by atoms with Crippen LogP contribution in [0.4, 0.5) is 10.3 Å². The Morgan fingerprint density at radius 2 is 2.04 bits per heavy atom. The highest BCUT2D eigenvalue weighted by Gasteiger charge is 2.35. The van der Waals surface area contributed by atoms with Crippen LogP contribution in [0.25, 0.3) is 0 Å². The number of rotatable bonds is 8. The summed E-state index contributed by atoms with van der Waals surface area (Å²) in [5, 5.41) is 7.24. The first-order chi connectivity index (χ1) is 13.1. The summed E-state index contributed by atoms with van der Waals surface area (Å²) in [6.07, 6.45) is 6.73. The Morgan fingerprint density at radius 1 is 1.26 bits per heavy atom. The molecule has 2 aromatic rings. The second-order valence-electron chi connectivity index (χ2n) is 6.67. The van der Waals surface area contributed by atoms with Crippen molar-refractivity contribution in [2.75, 3.05) is 11.9 Å². The van der Waals surface area contributed by atoms with Gasteiger partial charge < -0.3 is 10.1 Å². The number of esters is 1. The third-order valence-corrected chi connectivity index (χ3v) is 4.70. The van der Waals surface area contributed by atoms with Crippen molar-refractivity contribution in [2.45, 2.75) is 52.0 Å². The Kier molecular flexibility index (Phi) is 6.21. The summed E-state index contributed by atoms with van der Waals surface area (Å²) in [7, 11) is 0. The molecule has 0 saturated carbocycles. The SMILES string of the molecule is CCCCCCCOC(=O)C1=C(C)Nc2ncnn2[C@H]1c1ccccc1F. The molecule has 0 unspecified atom stereocenters. The van der Waals surface area contributed by atoms with E-state index in [9.17, 15) is 9.18 Å². The minimum atomic E-state index is -0.711. The van der Waals surface area contributed by atoms with Crippen LogP contribution in [0, 0.1) is 5.82 Å². The maximum atomic E-state index is 14.5. The summed E-state index contributed by atoms with van der Waals surface area (Å²) in [5.74, 6) is -0.384. The molecule has 1 atom stereocenters. The summed E-state index contributed by atoms with van der Waals surface area (Å²) < 4.78 is 21.5. The van der Waals surface area contributed by atoms with Gasteiger partial charge >= 0.3 is 5.97 Å². The highest BCUT2D eigenvalue weighted by Crippen LogP contribution is 2.36. The largest absolute Gasteiger partial charge is 0.462 e. The lowest BCUT2D eigenvalue weighted by atomic mass is 9.95. The molecular weight excluding hydrogens is 347 g/mol. The second-order valence-corrected chi connectivity index (χ2v) is 6.67. The van der Waals surface area contributed by atoms with E-state index in [0.717, 1.165) is 19.3 Å². The number of halogens is 1. The Bertz CT molecular complexity index is 831. The molecule has 0 aliphatic carbocycles. The van der Waals surface area contributed by atoms with Crippen molar-refractivity contribution in [3.05, 3.63) is 53.2 Å². The van der Waals surface area contributed by atoms with E-state index in [2.05, 4.69) is 22.3 Å². The molecule has 0 fully saturated rings. The Balaban J connectivity index is 1.81. The van der Waals surface area contributed by atoms with E-state index in [1.165, 1.54) is 29.9 Å². The fourth-order valence-electron chi connectivity index (χ4n) is 3.29. The second kappa shape index (κ2) is 8.79. The van der Waals surface area contributed by atoms with Gasteiger partial charge in [-0.05, 0) is 19.4 Å². The molecule has 1 aliphatic heterocycles. The lowest BCUT2D eigenvalue weighted by Gasteiger charge is -2.28. The normalized spacial score (nSPS) is 16.0. The van der Waals surface area contributed by atoms with Crippen LogP contribution in [0.5, 0.6) is 0 Å². The molecule has 1 N–H and O–H groups in total. The smallest absolute Gasteiger partial charge is 0.338 e. The van der Waals surface area contributed by atoms with E-state index < -0.39 is 17.8 Å². The summed E-state index contributed by atoms with van der Waals surface area (Å²) in [6, 6.07) is 5.68. The molecule has 0 spiro atoms. The van der Waals surface area contributed by atoms with Gasteiger partial charge in [-0.25, -0.2) is 13.9 Å². The molecule has 1 aromatic carbocycles. The molecule has 0 saturated heterocycles. The number of nitrogens with one attached hydrogen (secondary N) is 1. The predicted octanol–water partition coefficient (Wildman–Crippen LogP) is 4.22. The van der Waals surface area contributed by atoms with E-state index in [-0.39, 0.29) is 0 Å². The zero-order chi connectivity index (χ0) is 19.2. The molecule has 0 radical (unpaired) electrons. The van der Waals surface area contributed by atoms with Crippen LogP contribution in [-0.4, -0.2) is 27.3 Å². The van der Waals surface area contributed by atoms with Gasteiger partial charge in [0.1, 0.15) is 18.2 Å². The molecule has 7 heteroatoms. The monoisotopic (exact) mass is 372 g/mol. The van der Waals surface area contributed by atoms with E-state index >= 15 is 0 Å². The van der Waals surface area contributed by atoms with Gasteiger partial charge in [-0.3, -0.25) is 0 Å². The predicted molar refractivity (Wildman–Crippen MR) is 101 cm³/mol. The number of carbonyl (C=O) groups is 1. The topological polar surface area (TPSA) is 69.0 Å². The maximum Gasteiger partial charge on any atom is 0.338 e. The zero-order valence-electron chi connectivity index (χ0n) is 15.7. The minimum absolute atomic E-state index is 0.353. The number of aromatic nitrogens is 3. The number of fused-ring (bicyclic) bond motifs is 1. The van der Waals surface area contributed by atoms with Gasteiger partial charge in [-0.1, -0.05) is 50.8 Å². The summed E-state index contributed by atoms with van der Waals surface area (Å²) in [4.78, 5) is 17.0. The van der Waals surface area contributed by atoms with Gasteiger partial charge in [0.25, 0.3) is 0 Å². The molecule has 2 heterocycles. The lowest BCUT2D eigenvalue weighted by Crippen LogP contribution is -2.30. The van der Waals surface area contributed by atoms with Gasteiger partial charge in [-0.2, -0.15) is 10.1 Å². The Hall–Kier alpha value is -2.70. The van der Waals surface area contributed by atoms with Crippen LogP contribution < -0.4 is 5.32 Å². The zero-order valence-corrected chi connectivity index (χ0v) is 15.7. The fourth-order valence-corrected chi connectivity index (χ4v) is 3.29. The number of nitrogens with zero attached hydrogens (tertiary/aromatic N) is 3. The number of unbranched alkanes of at least 4 members (excludes halogenated alkanes) is 4. The third kappa shape index (κ3) is 4.18. The standard InChI is InChI=1S/C20H25FN4O2/c1-3-4-5-6-9-12-27-19(26)17-14(2)24-20-22-13-23-25(20)18(17)15-10-7-8-11-16(15)21/h7-8,10-11,13,18H,3-6,9,12H2,1-2H3,(H,22,23,24)/t18-/m0/s1. The average molecular weight is 372 g/mol. The van der Waals surface area contributed by atoms with Crippen LogP contribution >= 0.6 is 0 Å².